The summed E-state index contributed by atoms with van der Waals surface area (Å²) in [7, 11) is 1.50. The molecule has 1 fully saturated rings. The number of fused-ring (bicyclic) bond motifs is 3. The Morgan fingerprint density at radius 1 is 1.22 bits per heavy atom. The first kappa shape index (κ1) is 27.4. The van der Waals surface area contributed by atoms with Gasteiger partial charge in [0.25, 0.3) is 0 Å². The van der Waals surface area contributed by atoms with Gasteiger partial charge in [0.05, 0.1) is 32.3 Å². The van der Waals surface area contributed by atoms with Gasteiger partial charge >= 0.3 is 0 Å². The summed E-state index contributed by atoms with van der Waals surface area (Å²) in [6, 6.07) is 2.71. The van der Waals surface area contributed by atoms with Crippen molar-refractivity contribution < 1.29 is 34.4 Å². The van der Waals surface area contributed by atoms with Gasteiger partial charge in [0, 0.05) is 30.1 Å². The number of nitrogens with one attached hydrogen (secondary N) is 1. The second kappa shape index (κ2) is 11.8. The Bertz CT molecular complexity index is 1020. The molecule has 0 bridgehead atoms. The highest BCUT2D eigenvalue weighted by molar-refractivity contribution is 5.96. The van der Waals surface area contributed by atoms with E-state index in [0.29, 0.717) is 40.7 Å². The Kier molecular flexibility index (Phi) is 8.77. The number of carbonyl (C=O) groups excluding carboxylic acids is 2. The largest absolute Gasteiger partial charge is 0.493 e. The summed E-state index contributed by atoms with van der Waals surface area (Å²) in [6.07, 6.45) is 4.29. The van der Waals surface area contributed by atoms with E-state index >= 15 is 0 Å². The maximum Gasteiger partial charge on any atom is 0.247 e. The number of rotatable bonds is 10. The summed E-state index contributed by atoms with van der Waals surface area (Å²) < 4.78 is 11.8. The molecule has 1 aromatic rings. The number of methoxy groups -OCH3 is 1. The summed E-state index contributed by atoms with van der Waals surface area (Å²) in [6.45, 7) is 4.30. The van der Waals surface area contributed by atoms with Crippen molar-refractivity contribution in [3.63, 3.8) is 0 Å². The molecule has 37 heavy (non-hydrogen) atoms. The minimum Gasteiger partial charge on any atom is -0.493 e. The van der Waals surface area contributed by atoms with Crippen molar-refractivity contribution in [3.05, 3.63) is 34.9 Å². The maximum atomic E-state index is 13.7. The number of nitrogens with zero attached hydrogens (tertiary/aromatic N) is 1. The van der Waals surface area contributed by atoms with Crippen molar-refractivity contribution in [2.75, 3.05) is 26.8 Å². The first-order chi connectivity index (χ1) is 17.8. The van der Waals surface area contributed by atoms with E-state index in [4.69, 9.17) is 9.47 Å². The summed E-state index contributed by atoms with van der Waals surface area (Å²) in [5.41, 5.74) is 1.62. The van der Waals surface area contributed by atoms with Crippen LogP contribution >= 0.6 is 0 Å². The van der Waals surface area contributed by atoms with Crippen LogP contribution in [0.5, 0.6) is 11.5 Å². The SMILES string of the molecule is COc1cc(CO)cc2c1OC1C2C(C(=O)NCCO)=CC(N(CCC(C)C)C(=O)C2CCCC2)C1O. The number of amides is 2. The maximum absolute atomic E-state index is 13.7. The van der Waals surface area contributed by atoms with Crippen molar-refractivity contribution in [1.29, 1.82) is 0 Å². The normalized spacial score (nSPS) is 24.8. The predicted octanol–water partition coefficient (Wildman–Crippen LogP) is 1.87. The molecule has 0 spiro atoms. The Morgan fingerprint density at radius 2 is 1.95 bits per heavy atom. The summed E-state index contributed by atoms with van der Waals surface area (Å²) >= 11 is 0. The van der Waals surface area contributed by atoms with Crippen LogP contribution in [0.3, 0.4) is 0 Å². The van der Waals surface area contributed by atoms with Crippen LogP contribution < -0.4 is 14.8 Å². The predicted molar refractivity (Wildman–Crippen MR) is 137 cm³/mol. The molecule has 4 rings (SSSR count). The molecule has 1 aromatic carbocycles. The first-order valence-electron chi connectivity index (χ1n) is 13.4. The highest BCUT2D eigenvalue weighted by atomic mass is 16.5. The van der Waals surface area contributed by atoms with Crippen molar-refractivity contribution in [1.82, 2.24) is 10.2 Å². The molecule has 2 amide bonds. The number of ether oxygens (including phenoxy) is 2. The average Bonchev–Trinajstić information content (AvgIpc) is 3.56. The molecule has 0 aromatic heterocycles. The van der Waals surface area contributed by atoms with Crippen molar-refractivity contribution in [2.24, 2.45) is 11.8 Å². The van der Waals surface area contributed by atoms with Gasteiger partial charge in [0.15, 0.2) is 11.5 Å². The Hall–Kier alpha value is -2.62. The van der Waals surface area contributed by atoms with E-state index in [1.54, 1.807) is 23.1 Å². The lowest BCUT2D eigenvalue weighted by Crippen LogP contribution is -2.57. The molecule has 1 aliphatic heterocycles. The fourth-order valence-corrected chi connectivity index (χ4v) is 5.83. The zero-order valence-electron chi connectivity index (χ0n) is 22.0. The number of benzene rings is 1. The molecular formula is C28H40N2O7. The van der Waals surface area contributed by atoms with Crippen molar-refractivity contribution in [2.45, 2.75) is 76.7 Å². The molecule has 1 saturated carbocycles. The molecular weight excluding hydrogens is 476 g/mol. The van der Waals surface area contributed by atoms with Gasteiger partial charge in [-0.25, -0.2) is 0 Å². The van der Waals surface area contributed by atoms with E-state index in [-0.39, 0.29) is 37.5 Å². The summed E-state index contributed by atoms with van der Waals surface area (Å²) in [4.78, 5) is 28.8. The lowest BCUT2D eigenvalue weighted by atomic mass is 9.77. The molecule has 0 saturated heterocycles. The molecule has 9 nitrogen and oxygen atoms in total. The topological polar surface area (TPSA) is 129 Å². The van der Waals surface area contributed by atoms with Crippen LogP contribution in [-0.4, -0.2) is 77.1 Å². The van der Waals surface area contributed by atoms with E-state index in [1.807, 2.05) is 0 Å². The van der Waals surface area contributed by atoms with Gasteiger partial charge < -0.3 is 35.0 Å². The second-order valence-electron chi connectivity index (χ2n) is 10.7. The lowest BCUT2D eigenvalue weighted by Gasteiger charge is -2.41. The van der Waals surface area contributed by atoms with Gasteiger partial charge in [-0.3, -0.25) is 9.59 Å². The Balaban J connectivity index is 1.78. The number of carbonyl (C=O) groups is 2. The molecule has 9 heteroatoms. The average molecular weight is 517 g/mol. The third-order valence-corrected chi connectivity index (χ3v) is 7.79. The van der Waals surface area contributed by atoms with Gasteiger partial charge in [-0.2, -0.15) is 0 Å². The number of hydrogen-bond donors (Lipinski definition) is 4. The van der Waals surface area contributed by atoms with Crippen LogP contribution in [0.1, 0.15) is 63.0 Å². The number of aliphatic hydroxyl groups is 3. The number of hydrogen-bond acceptors (Lipinski definition) is 7. The zero-order valence-corrected chi connectivity index (χ0v) is 22.0. The summed E-state index contributed by atoms with van der Waals surface area (Å²) in [5, 5.41) is 33.5. The molecule has 4 N–H and O–H groups in total. The number of aliphatic hydroxyl groups excluding tert-OH is 3. The van der Waals surface area contributed by atoms with Crippen molar-refractivity contribution >= 4 is 11.8 Å². The lowest BCUT2D eigenvalue weighted by molar-refractivity contribution is -0.141. The van der Waals surface area contributed by atoms with Crippen LogP contribution in [0.4, 0.5) is 0 Å². The minimum absolute atomic E-state index is 0.0164. The molecule has 204 valence electrons. The molecule has 3 aliphatic rings. The standard InChI is InChI=1S/C28H40N2O7/c1-16(2)8-10-30(28(35)18-6-4-5-7-18)21-14-20(27(34)29-9-11-31)23-19-12-17(15-32)13-22(36-3)25(19)37-26(23)24(21)33/h12-14,16,18,21,23-24,26,31-33H,4-11,15H2,1-3H3,(H,29,34). The molecule has 2 aliphatic carbocycles. The Labute approximate surface area is 218 Å². The van der Waals surface area contributed by atoms with Crippen LogP contribution in [-0.2, 0) is 16.2 Å². The van der Waals surface area contributed by atoms with E-state index in [2.05, 4.69) is 19.2 Å². The fourth-order valence-electron chi connectivity index (χ4n) is 5.83. The monoisotopic (exact) mass is 516 g/mol. The fraction of sp³-hybridized carbons (Fsp3) is 0.643. The van der Waals surface area contributed by atoms with Crippen LogP contribution in [0.2, 0.25) is 0 Å². The Morgan fingerprint density at radius 3 is 2.57 bits per heavy atom. The first-order valence-corrected chi connectivity index (χ1v) is 13.4. The van der Waals surface area contributed by atoms with Gasteiger partial charge in [-0.1, -0.05) is 26.7 Å². The second-order valence-corrected chi connectivity index (χ2v) is 10.7. The molecule has 4 atom stereocenters. The van der Waals surface area contributed by atoms with Crippen LogP contribution in [0, 0.1) is 11.8 Å². The molecule has 4 unspecified atom stereocenters. The van der Waals surface area contributed by atoms with Crippen molar-refractivity contribution in [3.8, 4) is 11.5 Å². The van der Waals surface area contributed by atoms with Gasteiger partial charge in [-0.15, -0.1) is 0 Å². The van der Waals surface area contributed by atoms with Gasteiger partial charge in [0.1, 0.15) is 12.2 Å². The van der Waals surface area contributed by atoms with E-state index in [0.717, 1.165) is 32.1 Å². The third-order valence-electron chi connectivity index (χ3n) is 7.79. The van der Waals surface area contributed by atoms with E-state index in [1.165, 1.54) is 7.11 Å². The van der Waals surface area contributed by atoms with Gasteiger partial charge in [0.2, 0.25) is 11.8 Å². The molecule has 1 heterocycles. The van der Waals surface area contributed by atoms with E-state index in [9.17, 15) is 24.9 Å². The third kappa shape index (κ3) is 5.49. The molecule has 0 radical (unpaired) electrons. The van der Waals surface area contributed by atoms with Crippen LogP contribution in [0.15, 0.2) is 23.8 Å². The quantitative estimate of drug-likeness (QED) is 0.374. The minimum atomic E-state index is -1.08. The van der Waals surface area contributed by atoms with Crippen LogP contribution in [0.25, 0.3) is 0 Å². The van der Waals surface area contributed by atoms with Gasteiger partial charge in [-0.05, 0) is 49.0 Å². The van der Waals surface area contributed by atoms with E-state index < -0.39 is 24.2 Å². The zero-order chi connectivity index (χ0) is 26.7. The highest BCUT2D eigenvalue weighted by Crippen LogP contribution is 2.51. The smallest absolute Gasteiger partial charge is 0.247 e. The summed E-state index contributed by atoms with van der Waals surface area (Å²) in [5.74, 6) is 0.127. The highest BCUT2D eigenvalue weighted by Gasteiger charge is 2.51.